The van der Waals surface area contributed by atoms with E-state index in [2.05, 4.69) is 32.9 Å². The SMILES string of the molecule is C[C@@H]1CC(=O)N1[C@@H](C(O)O)[C@](C)(I)Cn1ccnn1. The zero-order valence-electron chi connectivity index (χ0n) is 10.8. The van der Waals surface area contributed by atoms with Gasteiger partial charge in [-0.1, -0.05) is 27.8 Å². The average molecular weight is 380 g/mol. The number of β-lactam (4-membered cyclic amide) rings is 1. The van der Waals surface area contributed by atoms with Gasteiger partial charge in [-0.3, -0.25) is 9.48 Å². The van der Waals surface area contributed by atoms with Gasteiger partial charge < -0.3 is 15.1 Å². The minimum Gasteiger partial charge on any atom is -0.366 e. The first-order chi connectivity index (χ1) is 8.83. The van der Waals surface area contributed by atoms with E-state index in [-0.39, 0.29) is 11.9 Å². The number of carbonyl (C=O) groups excluding carboxylic acids is 1. The summed E-state index contributed by atoms with van der Waals surface area (Å²) < 4.78 is 1.06. The maximum Gasteiger partial charge on any atom is 0.225 e. The second kappa shape index (κ2) is 5.33. The molecule has 7 nitrogen and oxygen atoms in total. The minimum atomic E-state index is -1.59. The predicted molar refractivity (Wildman–Crippen MR) is 75.4 cm³/mol. The van der Waals surface area contributed by atoms with Gasteiger partial charge in [0, 0.05) is 18.7 Å². The number of rotatable bonds is 5. The third-order valence-corrected chi connectivity index (χ3v) is 4.35. The molecule has 2 rings (SSSR count). The summed E-state index contributed by atoms with van der Waals surface area (Å²) in [6.07, 6.45) is 2.14. The minimum absolute atomic E-state index is 0.0316. The molecule has 3 atom stereocenters. The summed E-state index contributed by atoms with van der Waals surface area (Å²) in [6.45, 7) is 4.21. The van der Waals surface area contributed by atoms with E-state index in [9.17, 15) is 15.0 Å². The van der Waals surface area contributed by atoms with Crippen molar-refractivity contribution in [1.82, 2.24) is 19.9 Å². The van der Waals surface area contributed by atoms with Gasteiger partial charge in [0.15, 0.2) is 6.29 Å². The summed E-state index contributed by atoms with van der Waals surface area (Å²) in [5.41, 5.74) is 0. The van der Waals surface area contributed by atoms with Crippen molar-refractivity contribution in [2.24, 2.45) is 0 Å². The highest BCUT2D eigenvalue weighted by molar-refractivity contribution is 14.1. The number of amides is 1. The van der Waals surface area contributed by atoms with Crippen LogP contribution >= 0.6 is 22.6 Å². The number of halogens is 1. The molecule has 1 fully saturated rings. The Bertz CT molecular complexity index is 449. The Kier molecular flexibility index (Phi) is 4.11. The fourth-order valence-electron chi connectivity index (χ4n) is 2.49. The van der Waals surface area contributed by atoms with Crippen molar-refractivity contribution in [2.45, 2.75) is 48.6 Å². The monoisotopic (exact) mass is 380 g/mol. The fourth-order valence-corrected chi connectivity index (χ4v) is 3.46. The zero-order chi connectivity index (χ0) is 14.2. The van der Waals surface area contributed by atoms with E-state index in [0.717, 1.165) is 0 Å². The number of alkyl halides is 1. The van der Waals surface area contributed by atoms with E-state index in [1.807, 2.05) is 13.8 Å². The lowest BCUT2D eigenvalue weighted by Gasteiger charge is -2.49. The van der Waals surface area contributed by atoms with Crippen LogP contribution in [0.15, 0.2) is 12.4 Å². The van der Waals surface area contributed by atoms with Crippen LogP contribution in [0.5, 0.6) is 0 Å². The first-order valence-corrected chi connectivity index (χ1v) is 7.11. The van der Waals surface area contributed by atoms with Crippen molar-refractivity contribution in [3.05, 3.63) is 12.4 Å². The Hall–Kier alpha value is -0.740. The van der Waals surface area contributed by atoms with Crippen molar-refractivity contribution < 1.29 is 15.0 Å². The van der Waals surface area contributed by atoms with E-state index in [1.165, 1.54) is 0 Å². The molecule has 0 saturated carbocycles. The highest BCUT2D eigenvalue weighted by Gasteiger charge is 2.48. The molecule has 1 amide bonds. The number of aromatic nitrogens is 3. The van der Waals surface area contributed by atoms with E-state index in [0.29, 0.717) is 13.0 Å². The number of carbonyl (C=O) groups is 1. The van der Waals surface area contributed by atoms with Crippen molar-refractivity contribution in [2.75, 3.05) is 0 Å². The standard InChI is InChI=1S/C11H17IN4O3/c1-7-5-8(17)16(7)9(10(18)19)11(2,12)6-15-4-3-13-14-15/h3-4,7,9-10,18-19H,5-6H2,1-2H3/t7-,9+,11-/m1/s1. The third-order valence-electron chi connectivity index (χ3n) is 3.37. The van der Waals surface area contributed by atoms with Crippen LogP contribution in [0.4, 0.5) is 0 Å². The number of aliphatic hydroxyl groups is 2. The fraction of sp³-hybridized carbons (Fsp3) is 0.727. The van der Waals surface area contributed by atoms with Crippen LogP contribution < -0.4 is 0 Å². The molecule has 1 aliphatic rings. The van der Waals surface area contributed by atoms with Crippen molar-refractivity contribution in [3.63, 3.8) is 0 Å². The van der Waals surface area contributed by atoms with Crippen LogP contribution in [0.1, 0.15) is 20.3 Å². The Balaban J connectivity index is 2.20. The molecule has 2 heterocycles. The molecule has 2 N–H and O–H groups in total. The van der Waals surface area contributed by atoms with Crippen LogP contribution in [-0.2, 0) is 11.3 Å². The van der Waals surface area contributed by atoms with Gasteiger partial charge in [0.25, 0.3) is 0 Å². The van der Waals surface area contributed by atoms with Gasteiger partial charge in [-0.05, 0) is 13.8 Å². The largest absolute Gasteiger partial charge is 0.366 e. The van der Waals surface area contributed by atoms with Crippen molar-refractivity contribution >= 4 is 28.5 Å². The maximum atomic E-state index is 11.7. The number of hydrogen-bond acceptors (Lipinski definition) is 5. The highest BCUT2D eigenvalue weighted by atomic mass is 127. The van der Waals surface area contributed by atoms with Gasteiger partial charge in [-0.25, -0.2) is 0 Å². The molecule has 19 heavy (non-hydrogen) atoms. The number of aliphatic hydroxyl groups excluding tert-OH is 1. The molecule has 1 aromatic heterocycles. The van der Waals surface area contributed by atoms with Gasteiger partial charge in [-0.15, -0.1) is 5.10 Å². The second-order valence-corrected chi connectivity index (χ2v) is 7.56. The summed E-state index contributed by atoms with van der Waals surface area (Å²) in [7, 11) is 0. The highest BCUT2D eigenvalue weighted by Crippen LogP contribution is 2.35. The molecule has 1 aliphatic heterocycles. The van der Waals surface area contributed by atoms with Gasteiger partial charge in [-0.2, -0.15) is 0 Å². The Morgan fingerprint density at radius 2 is 2.32 bits per heavy atom. The average Bonchev–Trinajstić information content (AvgIpc) is 2.77. The third kappa shape index (κ3) is 2.90. The number of likely N-dealkylation sites (tertiary alicyclic amines) is 1. The molecule has 0 unspecified atom stereocenters. The summed E-state index contributed by atoms with van der Waals surface area (Å²) in [4.78, 5) is 13.3. The summed E-state index contributed by atoms with van der Waals surface area (Å²) in [6, 6.07) is -0.641. The van der Waals surface area contributed by atoms with Crippen molar-refractivity contribution in [1.29, 1.82) is 0 Å². The number of hydrogen-bond donors (Lipinski definition) is 2. The van der Waals surface area contributed by atoms with Crippen LogP contribution in [0, 0.1) is 0 Å². The molecule has 106 valence electrons. The summed E-state index contributed by atoms with van der Waals surface area (Å²) >= 11 is 2.14. The molecule has 1 saturated heterocycles. The van der Waals surface area contributed by atoms with Crippen LogP contribution in [0.25, 0.3) is 0 Å². The van der Waals surface area contributed by atoms with Gasteiger partial charge >= 0.3 is 0 Å². The lowest BCUT2D eigenvalue weighted by molar-refractivity contribution is -0.170. The van der Waals surface area contributed by atoms with E-state index >= 15 is 0 Å². The molecule has 0 radical (unpaired) electrons. The first-order valence-electron chi connectivity index (χ1n) is 6.03. The quantitative estimate of drug-likeness (QED) is 0.319. The number of nitrogens with zero attached hydrogens (tertiary/aromatic N) is 4. The van der Waals surface area contributed by atoms with E-state index in [1.54, 1.807) is 22.0 Å². The second-order valence-electron chi connectivity index (χ2n) is 5.09. The lowest BCUT2D eigenvalue weighted by Crippen LogP contribution is -2.66. The molecule has 1 aromatic rings. The van der Waals surface area contributed by atoms with Crippen molar-refractivity contribution in [3.8, 4) is 0 Å². The van der Waals surface area contributed by atoms with Crippen LogP contribution in [0.2, 0.25) is 0 Å². The van der Waals surface area contributed by atoms with E-state index in [4.69, 9.17) is 0 Å². The maximum absolute atomic E-state index is 11.7. The molecule has 0 spiro atoms. The van der Waals surface area contributed by atoms with Crippen LogP contribution in [-0.4, -0.2) is 57.8 Å². The smallest absolute Gasteiger partial charge is 0.225 e. The topological polar surface area (TPSA) is 91.5 Å². The lowest BCUT2D eigenvalue weighted by atomic mass is 9.92. The van der Waals surface area contributed by atoms with Gasteiger partial charge in [0.1, 0.15) is 0 Å². The summed E-state index contributed by atoms with van der Waals surface area (Å²) in [5, 5.41) is 26.9. The zero-order valence-corrected chi connectivity index (χ0v) is 12.9. The van der Waals surface area contributed by atoms with Gasteiger partial charge in [0.2, 0.25) is 5.91 Å². The Morgan fingerprint density at radius 3 is 2.74 bits per heavy atom. The Morgan fingerprint density at radius 1 is 1.63 bits per heavy atom. The molecule has 0 aliphatic carbocycles. The van der Waals surface area contributed by atoms with Crippen LogP contribution in [0.3, 0.4) is 0 Å². The molecule has 0 bridgehead atoms. The predicted octanol–water partition coefficient (Wildman–Crippen LogP) is -0.228. The molecular weight excluding hydrogens is 363 g/mol. The molecular formula is C11H17IN4O3. The first kappa shape index (κ1) is 14.7. The van der Waals surface area contributed by atoms with Gasteiger partial charge in [0.05, 0.1) is 22.2 Å². The molecule has 0 aromatic carbocycles. The molecule has 8 heteroatoms. The summed E-state index contributed by atoms with van der Waals surface area (Å²) in [5.74, 6) is -0.0490. The van der Waals surface area contributed by atoms with E-state index < -0.39 is 15.8 Å². The normalized spacial score (nSPS) is 24.2. The Labute approximate surface area is 124 Å².